The number of rotatable bonds is 3. The van der Waals surface area contributed by atoms with Crippen LogP contribution in [-0.4, -0.2) is 4.57 Å². The van der Waals surface area contributed by atoms with E-state index in [9.17, 15) is 0 Å². The minimum absolute atomic E-state index is 1.17. The molecular weight excluding hydrogens is 478 g/mol. The standard InChI is InChI=1S/C36H23NS/c1-2-8-24(9-3-1)25-14-18-28(19-15-25)37-33-12-6-4-10-29(33)30-20-16-26(22-34(30)37)27-17-21-32-31-11-5-7-13-35(31)38-36(32)23-27/h1-23H. The second kappa shape index (κ2) is 8.44. The molecule has 2 heteroatoms. The number of thiophene rings is 1. The zero-order valence-electron chi connectivity index (χ0n) is 20.6. The van der Waals surface area contributed by atoms with Gasteiger partial charge in [0.25, 0.3) is 0 Å². The summed E-state index contributed by atoms with van der Waals surface area (Å²) in [6.45, 7) is 0. The van der Waals surface area contributed by atoms with Gasteiger partial charge in [0, 0.05) is 36.6 Å². The van der Waals surface area contributed by atoms with Crippen molar-refractivity contribution in [2.24, 2.45) is 0 Å². The first-order valence-corrected chi connectivity index (χ1v) is 13.8. The molecule has 178 valence electrons. The summed E-state index contributed by atoms with van der Waals surface area (Å²) in [5.74, 6) is 0. The Morgan fingerprint density at radius 2 is 0.947 bits per heavy atom. The van der Waals surface area contributed by atoms with Crippen LogP contribution >= 0.6 is 11.3 Å². The number of hydrogen-bond acceptors (Lipinski definition) is 1. The molecule has 0 fully saturated rings. The van der Waals surface area contributed by atoms with E-state index in [4.69, 9.17) is 0 Å². The topological polar surface area (TPSA) is 4.93 Å². The van der Waals surface area contributed by atoms with Gasteiger partial charge in [0.2, 0.25) is 0 Å². The van der Waals surface area contributed by atoms with E-state index in [1.54, 1.807) is 0 Å². The van der Waals surface area contributed by atoms with Crippen LogP contribution in [0.3, 0.4) is 0 Å². The third-order valence-electron chi connectivity index (χ3n) is 7.62. The highest BCUT2D eigenvalue weighted by Crippen LogP contribution is 2.38. The zero-order valence-corrected chi connectivity index (χ0v) is 21.5. The predicted octanol–water partition coefficient (Wildman–Crippen LogP) is 10.5. The molecule has 38 heavy (non-hydrogen) atoms. The summed E-state index contributed by atoms with van der Waals surface area (Å²) in [6, 6.07) is 50.7. The quantitative estimate of drug-likeness (QED) is 0.227. The molecule has 0 N–H and O–H groups in total. The first-order chi connectivity index (χ1) is 18.8. The fraction of sp³-hybridized carbons (Fsp3) is 0. The normalized spacial score (nSPS) is 11.7. The van der Waals surface area contributed by atoms with Crippen LogP contribution in [0, 0.1) is 0 Å². The van der Waals surface area contributed by atoms with E-state index in [0.717, 1.165) is 0 Å². The molecule has 6 aromatic carbocycles. The van der Waals surface area contributed by atoms with Gasteiger partial charge in [0.1, 0.15) is 0 Å². The summed E-state index contributed by atoms with van der Waals surface area (Å²) in [7, 11) is 0. The Morgan fingerprint density at radius 3 is 1.79 bits per heavy atom. The summed E-state index contributed by atoms with van der Waals surface area (Å²) in [5.41, 5.74) is 8.59. The fourth-order valence-corrected chi connectivity index (χ4v) is 6.91. The molecule has 0 aliphatic carbocycles. The van der Waals surface area contributed by atoms with Crippen molar-refractivity contribution < 1.29 is 0 Å². The highest BCUT2D eigenvalue weighted by atomic mass is 32.1. The number of hydrogen-bond donors (Lipinski definition) is 0. The van der Waals surface area contributed by atoms with Gasteiger partial charge in [-0.05, 0) is 58.7 Å². The Bertz CT molecular complexity index is 2110. The molecule has 0 unspecified atom stereocenters. The van der Waals surface area contributed by atoms with E-state index in [1.165, 1.54) is 69.9 Å². The van der Waals surface area contributed by atoms with Crippen LogP contribution in [0.2, 0.25) is 0 Å². The third kappa shape index (κ3) is 3.31. The van der Waals surface area contributed by atoms with Crippen molar-refractivity contribution in [2.45, 2.75) is 0 Å². The van der Waals surface area contributed by atoms with Crippen molar-refractivity contribution in [3.63, 3.8) is 0 Å². The van der Waals surface area contributed by atoms with Gasteiger partial charge >= 0.3 is 0 Å². The van der Waals surface area contributed by atoms with Crippen molar-refractivity contribution in [2.75, 3.05) is 0 Å². The molecule has 0 bridgehead atoms. The number of nitrogens with zero attached hydrogens (tertiary/aromatic N) is 1. The van der Waals surface area contributed by atoms with Crippen LogP contribution in [-0.2, 0) is 0 Å². The SMILES string of the molecule is c1ccc(-c2ccc(-n3c4ccccc4c4ccc(-c5ccc6c(c5)sc5ccccc56)cc43)cc2)cc1. The van der Waals surface area contributed by atoms with Crippen molar-refractivity contribution in [1.82, 2.24) is 4.57 Å². The number of benzene rings is 6. The largest absolute Gasteiger partial charge is 0.309 e. The molecule has 0 saturated heterocycles. The second-order valence-corrected chi connectivity index (χ2v) is 10.9. The van der Waals surface area contributed by atoms with Crippen LogP contribution in [0.4, 0.5) is 0 Å². The van der Waals surface area contributed by atoms with E-state index < -0.39 is 0 Å². The van der Waals surface area contributed by atoms with E-state index in [-0.39, 0.29) is 0 Å². The van der Waals surface area contributed by atoms with Crippen molar-refractivity contribution >= 4 is 53.3 Å². The number of para-hydroxylation sites is 1. The lowest BCUT2D eigenvalue weighted by atomic mass is 10.0. The van der Waals surface area contributed by atoms with E-state index in [1.807, 2.05) is 11.3 Å². The van der Waals surface area contributed by atoms with Crippen LogP contribution in [0.15, 0.2) is 140 Å². The Balaban J connectivity index is 1.31. The van der Waals surface area contributed by atoms with Gasteiger partial charge < -0.3 is 4.57 Å². The van der Waals surface area contributed by atoms with Gasteiger partial charge in [-0.2, -0.15) is 0 Å². The average molecular weight is 502 g/mol. The van der Waals surface area contributed by atoms with Gasteiger partial charge in [-0.1, -0.05) is 103 Å². The van der Waals surface area contributed by atoms with Crippen LogP contribution < -0.4 is 0 Å². The first-order valence-electron chi connectivity index (χ1n) is 12.9. The summed E-state index contributed by atoms with van der Waals surface area (Å²) in [5, 5.41) is 5.23. The minimum atomic E-state index is 1.17. The van der Waals surface area contributed by atoms with Crippen molar-refractivity contribution in [3.8, 4) is 27.9 Å². The molecule has 2 aromatic heterocycles. The fourth-order valence-electron chi connectivity index (χ4n) is 5.77. The molecule has 0 radical (unpaired) electrons. The lowest BCUT2D eigenvalue weighted by Gasteiger charge is -2.10. The molecular formula is C36H23NS. The van der Waals surface area contributed by atoms with E-state index >= 15 is 0 Å². The maximum atomic E-state index is 2.40. The molecule has 0 atom stereocenters. The molecule has 0 amide bonds. The lowest BCUT2D eigenvalue weighted by Crippen LogP contribution is -1.94. The molecule has 8 rings (SSSR count). The van der Waals surface area contributed by atoms with Crippen LogP contribution in [0.5, 0.6) is 0 Å². The Hall–Kier alpha value is -4.66. The van der Waals surface area contributed by atoms with Crippen LogP contribution in [0.25, 0.3) is 69.9 Å². The lowest BCUT2D eigenvalue weighted by molar-refractivity contribution is 1.18. The Morgan fingerprint density at radius 1 is 0.368 bits per heavy atom. The van der Waals surface area contributed by atoms with Gasteiger partial charge in [0.15, 0.2) is 0 Å². The number of aromatic nitrogens is 1. The van der Waals surface area contributed by atoms with E-state index in [0.29, 0.717) is 0 Å². The average Bonchev–Trinajstić information content (AvgIpc) is 3.52. The first kappa shape index (κ1) is 21.4. The minimum Gasteiger partial charge on any atom is -0.309 e. The van der Waals surface area contributed by atoms with Gasteiger partial charge in [0.05, 0.1) is 11.0 Å². The maximum Gasteiger partial charge on any atom is 0.0547 e. The smallest absolute Gasteiger partial charge is 0.0547 e. The Labute approximate surface area is 224 Å². The third-order valence-corrected chi connectivity index (χ3v) is 8.75. The second-order valence-electron chi connectivity index (χ2n) is 9.81. The summed E-state index contributed by atoms with van der Waals surface area (Å²) >= 11 is 1.87. The maximum absolute atomic E-state index is 2.40. The highest BCUT2D eigenvalue weighted by molar-refractivity contribution is 7.25. The number of fused-ring (bicyclic) bond motifs is 6. The molecule has 0 aliphatic rings. The van der Waals surface area contributed by atoms with Crippen LogP contribution in [0.1, 0.15) is 0 Å². The molecule has 1 nitrogen and oxygen atoms in total. The molecule has 0 aliphatic heterocycles. The van der Waals surface area contributed by atoms with Gasteiger partial charge in [-0.3, -0.25) is 0 Å². The van der Waals surface area contributed by atoms with Gasteiger partial charge in [-0.25, -0.2) is 0 Å². The van der Waals surface area contributed by atoms with Crippen molar-refractivity contribution in [1.29, 1.82) is 0 Å². The Kier molecular flexibility index (Phi) is 4.76. The summed E-state index contributed by atoms with van der Waals surface area (Å²) in [4.78, 5) is 0. The molecule has 2 heterocycles. The summed E-state index contributed by atoms with van der Waals surface area (Å²) in [6.07, 6.45) is 0. The van der Waals surface area contributed by atoms with E-state index in [2.05, 4.69) is 144 Å². The monoisotopic (exact) mass is 501 g/mol. The molecule has 0 spiro atoms. The highest BCUT2D eigenvalue weighted by Gasteiger charge is 2.14. The molecule has 8 aromatic rings. The zero-order chi connectivity index (χ0) is 25.1. The van der Waals surface area contributed by atoms with Gasteiger partial charge in [-0.15, -0.1) is 11.3 Å². The predicted molar refractivity (Wildman–Crippen MR) is 165 cm³/mol. The molecule has 0 saturated carbocycles. The van der Waals surface area contributed by atoms with Crippen molar-refractivity contribution in [3.05, 3.63) is 140 Å². The summed E-state index contributed by atoms with van der Waals surface area (Å²) < 4.78 is 5.08.